The third-order valence-electron chi connectivity index (χ3n) is 6.71. The molecule has 0 saturated heterocycles. The van der Waals surface area contributed by atoms with Crippen molar-refractivity contribution in [3.63, 3.8) is 0 Å². The molecule has 1 rings (SSSR count). The fourth-order valence-electron chi connectivity index (χ4n) is 3.92. The molecular weight excluding hydrogens is 217 g/mol. The summed E-state index contributed by atoms with van der Waals surface area (Å²) in [5.41, 5.74) is 7.10. The van der Waals surface area contributed by atoms with Crippen molar-refractivity contribution in [1.82, 2.24) is 0 Å². The molecule has 5 atom stereocenters. The molecule has 1 saturated carbocycles. The maximum absolute atomic E-state index is 6.63. The molecule has 0 radical (unpaired) electrons. The average molecular weight is 251 g/mol. The van der Waals surface area contributed by atoms with Gasteiger partial charge < -0.3 is 5.73 Å². The average Bonchev–Trinajstić information content (AvgIpc) is 2.30. The van der Waals surface area contributed by atoms with Gasteiger partial charge in [0.2, 0.25) is 0 Å². The number of hydrogen-bond donors (Lipinski definition) is 1. The summed E-state index contributed by atoms with van der Waals surface area (Å²) in [6.07, 6.45) is 6.29. The molecule has 1 aliphatic rings. The van der Waals surface area contributed by atoms with E-state index in [2.05, 4.69) is 49.4 Å². The van der Waals surface area contributed by atoms with Gasteiger partial charge in [-0.15, -0.1) is 0 Å². The Kier molecular flexibility index (Phi) is 4.64. The van der Waals surface area contributed by atoms with Gasteiger partial charge in [-0.25, -0.2) is 0 Å². The van der Waals surface area contributed by atoms with Crippen molar-refractivity contribution in [2.45, 2.75) is 84.5 Å². The minimum atomic E-state index is -0.0241. The van der Waals surface area contributed by atoms with Crippen LogP contribution in [0.25, 0.3) is 0 Å². The molecule has 18 heavy (non-hydrogen) atoms. The molecule has 0 aromatic heterocycles. The SMILES string of the molecule is BC1(C)CC(CC)C(C)(CC)C(C)CCC1(C)N. The predicted octanol–water partition coefficient (Wildman–Crippen LogP) is 3.78. The van der Waals surface area contributed by atoms with Crippen LogP contribution in [0.15, 0.2) is 0 Å². The van der Waals surface area contributed by atoms with Crippen molar-refractivity contribution in [2.75, 3.05) is 0 Å². The lowest BCUT2D eigenvalue weighted by molar-refractivity contribution is 0.0374. The van der Waals surface area contributed by atoms with E-state index in [0.29, 0.717) is 5.41 Å². The van der Waals surface area contributed by atoms with Gasteiger partial charge in [0.15, 0.2) is 0 Å². The topological polar surface area (TPSA) is 26.0 Å². The van der Waals surface area contributed by atoms with E-state index in [1.807, 2.05) is 0 Å². The molecule has 0 aromatic carbocycles. The molecule has 106 valence electrons. The molecule has 0 spiro atoms. The first kappa shape index (κ1) is 16.1. The molecule has 0 amide bonds. The zero-order valence-corrected chi connectivity index (χ0v) is 13.8. The van der Waals surface area contributed by atoms with Crippen LogP contribution in [0.5, 0.6) is 0 Å². The highest BCUT2D eigenvalue weighted by Crippen LogP contribution is 2.54. The van der Waals surface area contributed by atoms with Gasteiger partial charge >= 0.3 is 0 Å². The van der Waals surface area contributed by atoms with Gasteiger partial charge in [-0.2, -0.15) is 0 Å². The molecule has 5 unspecified atom stereocenters. The first-order valence-electron chi connectivity index (χ1n) is 7.89. The fourth-order valence-corrected chi connectivity index (χ4v) is 3.92. The van der Waals surface area contributed by atoms with E-state index in [9.17, 15) is 0 Å². The summed E-state index contributed by atoms with van der Waals surface area (Å²) in [5, 5.41) is 0.240. The van der Waals surface area contributed by atoms with E-state index in [0.717, 1.165) is 18.3 Å². The van der Waals surface area contributed by atoms with Crippen LogP contribution >= 0.6 is 0 Å². The van der Waals surface area contributed by atoms with Crippen molar-refractivity contribution in [1.29, 1.82) is 0 Å². The summed E-state index contributed by atoms with van der Waals surface area (Å²) >= 11 is 0. The van der Waals surface area contributed by atoms with Crippen molar-refractivity contribution in [3.8, 4) is 0 Å². The molecule has 0 bridgehead atoms. The summed E-state index contributed by atoms with van der Waals surface area (Å²) in [7, 11) is 2.38. The van der Waals surface area contributed by atoms with Crippen LogP contribution in [0.3, 0.4) is 0 Å². The van der Waals surface area contributed by atoms with E-state index in [4.69, 9.17) is 5.73 Å². The van der Waals surface area contributed by atoms with Crippen LogP contribution in [0.2, 0.25) is 5.31 Å². The second-order valence-corrected chi connectivity index (χ2v) is 7.91. The van der Waals surface area contributed by atoms with E-state index in [-0.39, 0.29) is 10.9 Å². The van der Waals surface area contributed by atoms with Crippen molar-refractivity contribution < 1.29 is 0 Å². The predicted molar refractivity (Wildman–Crippen MR) is 84.7 cm³/mol. The van der Waals surface area contributed by atoms with E-state index < -0.39 is 0 Å². The normalized spacial score (nSPS) is 50.6. The van der Waals surface area contributed by atoms with Crippen LogP contribution in [0.4, 0.5) is 0 Å². The Morgan fingerprint density at radius 2 is 1.78 bits per heavy atom. The smallest absolute Gasteiger partial charge is 0.111 e. The molecular formula is C16H34BN. The molecule has 1 fully saturated rings. The maximum Gasteiger partial charge on any atom is 0.111 e. The number of nitrogens with two attached hydrogens (primary N) is 1. The monoisotopic (exact) mass is 251 g/mol. The van der Waals surface area contributed by atoms with Crippen LogP contribution < -0.4 is 5.73 Å². The zero-order chi connectivity index (χ0) is 14.2. The third kappa shape index (κ3) is 2.64. The van der Waals surface area contributed by atoms with Gasteiger partial charge in [-0.1, -0.05) is 53.9 Å². The largest absolute Gasteiger partial charge is 0.325 e. The number of rotatable bonds is 2. The van der Waals surface area contributed by atoms with E-state index in [1.165, 1.54) is 25.7 Å². The maximum atomic E-state index is 6.63. The summed E-state index contributed by atoms with van der Waals surface area (Å²) in [5.74, 6) is 1.59. The minimum Gasteiger partial charge on any atom is -0.325 e. The quantitative estimate of drug-likeness (QED) is 0.743. The lowest BCUT2D eigenvalue weighted by Gasteiger charge is -2.53. The number of hydrogen-bond acceptors (Lipinski definition) is 1. The Balaban J connectivity index is 3.11. The standard InChI is InChI=1S/C16H34BN/c1-7-13-11-15(5,17)16(6,18)10-9-12(3)14(13,4)8-2/h12-13H,7-11,17-18H2,1-6H3. The second-order valence-electron chi connectivity index (χ2n) is 7.91. The van der Waals surface area contributed by atoms with Crippen molar-refractivity contribution in [2.24, 2.45) is 23.0 Å². The highest BCUT2D eigenvalue weighted by molar-refractivity contribution is 6.16. The van der Waals surface area contributed by atoms with Crippen LogP contribution in [0.1, 0.15) is 73.6 Å². The Morgan fingerprint density at radius 3 is 2.22 bits per heavy atom. The van der Waals surface area contributed by atoms with Crippen molar-refractivity contribution in [3.05, 3.63) is 0 Å². The van der Waals surface area contributed by atoms with Gasteiger partial charge in [0, 0.05) is 5.54 Å². The van der Waals surface area contributed by atoms with E-state index >= 15 is 0 Å². The Morgan fingerprint density at radius 1 is 1.22 bits per heavy atom. The highest BCUT2D eigenvalue weighted by Gasteiger charge is 2.47. The van der Waals surface area contributed by atoms with Gasteiger partial charge in [-0.05, 0) is 42.3 Å². The zero-order valence-electron chi connectivity index (χ0n) is 13.8. The molecule has 0 aromatic rings. The minimum absolute atomic E-state index is 0.0241. The van der Waals surface area contributed by atoms with Gasteiger partial charge in [-0.3, -0.25) is 0 Å². The Bertz CT molecular complexity index is 285. The first-order valence-corrected chi connectivity index (χ1v) is 7.89. The highest BCUT2D eigenvalue weighted by atomic mass is 14.8. The molecule has 1 aliphatic carbocycles. The van der Waals surface area contributed by atoms with Gasteiger partial charge in [0.25, 0.3) is 0 Å². The molecule has 2 N–H and O–H groups in total. The Labute approximate surface area is 116 Å². The van der Waals surface area contributed by atoms with Crippen LogP contribution in [-0.4, -0.2) is 13.4 Å². The third-order valence-corrected chi connectivity index (χ3v) is 6.71. The van der Waals surface area contributed by atoms with E-state index in [1.54, 1.807) is 0 Å². The molecule has 0 heterocycles. The first-order chi connectivity index (χ1) is 8.10. The van der Waals surface area contributed by atoms with Crippen LogP contribution in [-0.2, 0) is 0 Å². The molecule has 2 heteroatoms. The van der Waals surface area contributed by atoms with Gasteiger partial charge in [0.05, 0.1) is 0 Å². The molecule has 1 nitrogen and oxygen atoms in total. The lowest BCUT2D eigenvalue weighted by Crippen LogP contribution is -2.52. The lowest BCUT2D eigenvalue weighted by atomic mass is 9.48. The van der Waals surface area contributed by atoms with Gasteiger partial charge in [0.1, 0.15) is 7.85 Å². The summed E-state index contributed by atoms with van der Waals surface area (Å²) in [4.78, 5) is 0. The van der Waals surface area contributed by atoms with Crippen LogP contribution in [0, 0.1) is 17.3 Å². The van der Waals surface area contributed by atoms with Crippen molar-refractivity contribution >= 4 is 7.85 Å². The fraction of sp³-hybridized carbons (Fsp3) is 1.00. The summed E-state index contributed by atoms with van der Waals surface area (Å²) < 4.78 is 0. The summed E-state index contributed by atoms with van der Waals surface area (Å²) in [6.45, 7) is 14.3. The summed E-state index contributed by atoms with van der Waals surface area (Å²) in [6, 6.07) is 0. The Hall–Kier alpha value is 0.0249. The second kappa shape index (κ2) is 5.19. The molecule has 0 aliphatic heterocycles.